The van der Waals surface area contributed by atoms with Crippen LogP contribution >= 0.6 is 11.8 Å². The first-order valence-electron chi connectivity index (χ1n) is 6.31. The van der Waals surface area contributed by atoms with Crippen molar-refractivity contribution in [3.63, 3.8) is 0 Å². The summed E-state index contributed by atoms with van der Waals surface area (Å²) in [6.07, 6.45) is 0. The zero-order valence-corrected chi connectivity index (χ0v) is 12.5. The average Bonchev–Trinajstić information content (AvgIpc) is 2.42. The predicted molar refractivity (Wildman–Crippen MR) is 81.2 cm³/mol. The number of carbonyl (C=O) groups is 1. The van der Waals surface area contributed by atoms with Crippen LogP contribution in [0.2, 0.25) is 0 Å². The molecule has 0 amide bonds. The molecule has 0 aliphatic carbocycles. The molecule has 100 valence electrons. The van der Waals surface area contributed by atoms with Gasteiger partial charge < -0.3 is 0 Å². The molecule has 0 atom stereocenters. The Morgan fingerprint density at radius 1 is 1.10 bits per heavy atom. The zero-order valence-electron chi connectivity index (χ0n) is 11.7. The molecular weight excluding hydrogens is 266 g/mol. The van der Waals surface area contributed by atoms with Crippen molar-refractivity contribution >= 4 is 17.5 Å². The normalized spacial score (nSPS) is 10.1. The minimum absolute atomic E-state index is 0.0160. The topological polar surface area (TPSA) is 40.9 Å². The second kappa shape index (κ2) is 5.94. The summed E-state index contributed by atoms with van der Waals surface area (Å²) in [7, 11) is 0. The Bertz CT molecular complexity index is 713. The Labute approximate surface area is 123 Å². The largest absolute Gasteiger partial charge is 0.294 e. The third kappa shape index (κ3) is 3.09. The van der Waals surface area contributed by atoms with Gasteiger partial charge in [0, 0.05) is 15.4 Å². The molecule has 2 aromatic carbocycles. The van der Waals surface area contributed by atoms with Crippen molar-refractivity contribution in [2.24, 2.45) is 0 Å². The third-order valence-electron chi connectivity index (χ3n) is 3.05. The minimum Gasteiger partial charge on any atom is -0.294 e. The summed E-state index contributed by atoms with van der Waals surface area (Å²) in [5, 5.41) is 9.01. The van der Waals surface area contributed by atoms with E-state index in [0.717, 1.165) is 15.4 Å². The first-order chi connectivity index (χ1) is 9.51. The van der Waals surface area contributed by atoms with Crippen LogP contribution in [-0.2, 0) is 0 Å². The molecule has 0 aliphatic rings. The highest BCUT2D eigenvalue weighted by Crippen LogP contribution is 2.34. The van der Waals surface area contributed by atoms with E-state index in [-0.39, 0.29) is 5.78 Å². The summed E-state index contributed by atoms with van der Waals surface area (Å²) < 4.78 is 0. The number of carbonyl (C=O) groups excluding carboxylic acids is 1. The molecule has 2 aromatic rings. The Hall–Kier alpha value is -2.05. The fourth-order valence-electron chi connectivity index (χ4n) is 1.90. The number of nitriles is 1. The second-order valence-electron chi connectivity index (χ2n) is 4.75. The number of aryl methyl sites for hydroxylation is 2. The number of hydrogen-bond acceptors (Lipinski definition) is 3. The van der Waals surface area contributed by atoms with Crippen LogP contribution in [0.1, 0.15) is 34.0 Å². The van der Waals surface area contributed by atoms with Gasteiger partial charge in [-0.3, -0.25) is 4.79 Å². The Morgan fingerprint density at radius 3 is 2.50 bits per heavy atom. The number of rotatable bonds is 3. The van der Waals surface area contributed by atoms with Gasteiger partial charge in [0.1, 0.15) is 0 Å². The number of ketones is 1. The molecule has 0 spiro atoms. The van der Waals surface area contributed by atoms with E-state index < -0.39 is 0 Å². The van der Waals surface area contributed by atoms with Crippen LogP contribution in [0.5, 0.6) is 0 Å². The summed E-state index contributed by atoms with van der Waals surface area (Å²) in [6, 6.07) is 13.6. The van der Waals surface area contributed by atoms with Gasteiger partial charge in [-0.25, -0.2) is 0 Å². The lowest BCUT2D eigenvalue weighted by Crippen LogP contribution is -1.96. The number of hydrogen-bond donors (Lipinski definition) is 0. The van der Waals surface area contributed by atoms with Crippen LogP contribution in [-0.4, -0.2) is 5.78 Å². The standard InChI is InChI=1S/C17H15NOS/c1-11-4-5-12(2)16(8-11)20-17-9-14(10-18)6-7-15(17)13(3)19/h4-9H,1-3H3. The molecule has 0 unspecified atom stereocenters. The van der Waals surface area contributed by atoms with E-state index in [9.17, 15) is 4.79 Å². The highest BCUT2D eigenvalue weighted by atomic mass is 32.2. The summed E-state index contributed by atoms with van der Waals surface area (Å²) in [6.45, 7) is 5.64. The van der Waals surface area contributed by atoms with Gasteiger partial charge in [0.15, 0.2) is 5.78 Å². The van der Waals surface area contributed by atoms with Crippen molar-refractivity contribution in [1.82, 2.24) is 0 Å². The van der Waals surface area contributed by atoms with Gasteiger partial charge in [0.25, 0.3) is 0 Å². The lowest BCUT2D eigenvalue weighted by molar-refractivity contribution is 0.101. The van der Waals surface area contributed by atoms with Crippen molar-refractivity contribution in [2.75, 3.05) is 0 Å². The lowest BCUT2D eigenvalue weighted by Gasteiger charge is -2.10. The van der Waals surface area contributed by atoms with Crippen molar-refractivity contribution in [1.29, 1.82) is 5.26 Å². The van der Waals surface area contributed by atoms with Crippen LogP contribution in [0.15, 0.2) is 46.2 Å². The molecule has 0 saturated carbocycles. The highest BCUT2D eigenvalue weighted by molar-refractivity contribution is 7.99. The summed E-state index contributed by atoms with van der Waals surface area (Å²) in [5.41, 5.74) is 3.58. The monoisotopic (exact) mass is 281 g/mol. The molecule has 0 bridgehead atoms. The van der Waals surface area contributed by atoms with Gasteiger partial charge in [0.2, 0.25) is 0 Å². The van der Waals surface area contributed by atoms with E-state index >= 15 is 0 Å². The molecule has 0 saturated heterocycles. The fourth-order valence-corrected chi connectivity index (χ4v) is 3.12. The highest BCUT2D eigenvalue weighted by Gasteiger charge is 2.11. The quantitative estimate of drug-likeness (QED) is 0.776. The molecule has 0 aliphatic heterocycles. The maximum Gasteiger partial charge on any atom is 0.160 e. The molecule has 0 N–H and O–H groups in total. The van der Waals surface area contributed by atoms with Crippen LogP contribution in [0.25, 0.3) is 0 Å². The molecule has 20 heavy (non-hydrogen) atoms. The smallest absolute Gasteiger partial charge is 0.160 e. The van der Waals surface area contributed by atoms with Crippen molar-refractivity contribution in [3.8, 4) is 6.07 Å². The Kier molecular flexibility index (Phi) is 4.26. The summed E-state index contributed by atoms with van der Waals surface area (Å²) >= 11 is 1.54. The van der Waals surface area contributed by atoms with E-state index in [0.29, 0.717) is 11.1 Å². The van der Waals surface area contributed by atoms with Crippen LogP contribution in [0, 0.1) is 25.2 Å². The van der Waals surface area contributed by atoms with Gasteiger partial charge in [-0.05, 0) is 56.2 Å². The van der Waals surface area contributed by atoms with Gasteiger partial charge in [-0.15, -0.1) is 0 Å². The van der Waals surface area contributed by atoms with Gasteiger partial charge >= 0.3 is 0 Å². The van der Waals surface area contributed by atoms with Crippen LogP contribution in [0.4, 0.5) is 0 Å². The molecule has 0 heterocycles. The number of nitrogens with zero attached hydrogens (tertiary/aromatic N) is 1. The maximum atomic E-state index is 11.7. The average molecular weight is 281 g/mol. The number of benzene rings is 2. The van der Waals surface area contributed by atoms with Gasteiger partial charge in [-0.1, -0.05) is 23.9 Å². The molecule has 2 nitrogen and oxygen atoms in total. The SMILES string of the molecule is CC(=O)c1ccc(C#N)cc1Sc1cc(C)ccc1C. The number of Topliss-reactive ketones (excluding diaryl/α,β-unsaturated/α-hetero) is 1. The zero-order chi connectivity index (χ0) is 14.7. The van der Waals surface area contributed by atoms with E-state index in [1.807, 2.05) is 13.8 Å². The molecule has 2 rings (SSSR count). The van der Waals surface area contributed by atoms with Crippen molar-refractivity contribution in [3.05, 3.63) is 58.7 Å². The minimum atomic E-state index is 0.0160. The molecule has 0 fully saturated rings. The van der Waals surface area contributed by atoms with Crippen molar-refractivity contribution < 1.29 is 4.79 Å². The van der Waals surface area contributed by atoms with E-state index in [1.165, 1.54) is 5.56 Å². The molecule has 0 aromatic heterocycles. The third-order valence-corrected chi connectivity index (χ3v) is 4.27. The molecule has 0 radical (unpaired) electrons. The summed E-state index contributed by atoms with van der Waals surface area (Å²) in [4.78, 5) is 13.7. The van der Waals surface area contributed by atoms with Gasteiger partial charge in [-0.2, -0.15) is 5.26 Å². The van der Waals surface area contributed by atoms with Gasteiger partial charge in [0.05, 0.1) is 11.6 Å². The van der Waals surface area contributed by atoms with E-state index in [4.69, 9.17) is 5.26 Å². The van der Waals surface area contributed by atoms with Crippen LogP contribution < -0.4 is 0 Å². The predicted octanol–water partition coefficient (Wildman–Crippen LogP) is 4.53. The lowest BCUT2D eigenvalue weighted by atomic mass is 10.1. The first kappa shape index (κ1) is 14.4. The summed E-state index contributed by atoms with van der Waals surface area (Å²) in [5.74, 6) is 0.0160. The maximum absolute atomic E-state index is 11.7. The van der Waals surface area contributed by atoms with Crippen LogP contribution in [0.3, 0.4) is 0 Å². The Morgan fingerprint density at radius 2 is 1.85 bits per heavy atom. The second-order valence-corrected chi connectivity index (χ2v) is 5.83. The van der Waals surface area contributed by atoms with Crippen molar-refractivity contribution in [2.45, 2.75) is 30.6 Å². The molecule has 3 heteroatoms. The van der Waals surface area contributed by atoms with E-state index in [1.54, 1.807) is 36.9 Å². The van der Waals surface area contributed by atoms with E-state index in [2.05, 4.69) is 24.3 Å². The fraction of sp³-hybridized carbons (Fsp3) is 0.176. The molecular formula is C17H15NOS. The first-order valence-corrected chi connectivity index (χ1v) is 7.13. The Balaban J connectivity index is 2.49.